The normalized spacial score (nSPS) is 16.2. The van der Waals surface area contributed by atoms with Gasteiger partial charge in [0.1, 0.15) is 12.4 Å². The number of amides is 1. The van der Waals surface area contributed by atoms with Gasteiger partial charge < -0.3 is 14.8 Å². The van der Waals surface area contributed by atoms with Crippen LogP contribution in [0, 0.1) is 0 Å². The van der Waals surface area contributed by atoms with Crippen LogP contribution >= 0.6 is 0 Å². The highest BCUT2D eigenvalue weighted by Crippen LogP contribution is 2.18. The second-order valence-electron chi connectivity index (χ2n) is 7.02. The summed E-state index contributed by atoms with van der Waals surface area (Å²) in [5.74, 6) is 0.300. The van der Waals surface area contributed by atoms with E-state index >= 15 is 0 Å². The summed E-state index contributed by atoms with van der Waals surface area (Å²) in [4.78, 5) is 12.4. The van der Waals surface area contributed by atoms with Crippen molar-refractivity contribution in [2.45, 2.75) is 24.7 Å². The molecule has 30 heavy (non-hydrogen) atoms. The number of benzene rings is 2. The van der Waals surface area contributed by atoms with E-state index in [0.717, 1.165) is 19.4 Å². The third-order valence-corrected chi connectivity index (χ3v) is 5.91. The van der Waals surface area contributed by atoms with Gasteiger partial charge in [0.25, 0.3) is 5.91 Å². The van der Waals surface area contributed by atoms with Crippen LogP contribution in [0.25, 0.3) is 0 Å². The predicted molar refractivity (Wildman–Crippen MR) is 116 cm³/mol. The first kappa shape index (κ1) is 22.0. The minimum absolute atomic E-state index is 0.136. The van der Waals surface area contributed by atoms with Crippen molar-refractivity contribution in [2.75, 3.05) is 25.1 Å². The molecule has 1 saturated heterocycles. The van der Waals surface area contributed by atoms with Gasteiger partial charge in [-0.05, 0) is 54.8 Å². The van der Waals surface area contributed by atoms with E-state index in [0.29, 0.717) is 29.2 Å². The van der Waals surface area contributed by atoms with E-state index in [1.165, 1.54) is 6.08 Å². The van der Waals surface area contributed by atoms with Gasteiger partial charge in [-0.3, -0.25) is 4.79 Å². The van der Waals surface area contributed by atoms with Gasteiger partial charge in [-0.1, -0.05) is 18.2 Å². The molecule has 0 aromatic heterocycles. The van der Waals surface area contributed by atoms with Crippen molar-refractivity contribution in [1.82, 2.24) is 4.72 Å². The molecular formula is C22H26N2O5S. The largest absolute Gasteiger partial charge is 0.491 e. The summed E-state index contributed by atoms with van der Waals surface area (Å²) in [6, 6.07) is 13.6. The van der Waals surface area contributed by atoms with E-state index in [1.807, 2.05) is 0 Å². The van der Waals surface area contributed by atoms with Crippen LogP contribution in [-0.2, 0) is 20.5 Å². The van der Waals surface area contributed by atoms with Gasteiger partial charge in [-0.25, -0.2) is 13.1 Å². The standard InChI is InChI=1S/C22H26N2O5S/c1-2-13-23-30(26,27)16-17-5-9-19(10-6-17)24-22(25)18-7-11-20(12-8-18)29-15-21-4-3-14-28-21/h2,5-12,21,23H,1,3-4,13-16H2,(H,24,25). The van der Waals surface area contributed by atoms with Crippen LogP contribution in [0.1, 0.15) is 28.8 Å². The Balaban J connectivity index is 1.51. The van der Waals surface area contributed by atoms with Crippen molar-refractivity contribution in [3.63, 3.8) is 0 Å². The fourth-order valence-corrected chi connectivity index (χ4v) is 4.12. The summed E-state index contributed by atoms with van der Waals surface area (Å²) in [5, 5.41) is 2.80. The maximum absolute atomic E-state index is 12.4. The first-order valence-electron chi connectivity index (χ1n) is 9.78. The molecule has 1 unspecified atom stereocenters. The molecule has 0 bridgehead atoms. The second kappa shape index (κ2) is 10.4. The van der Waals surface area contributed by atoms with Crippen LogP contribution in [0.3, 0.4) is 0 Å². The van der Waals surface area contributed by atoms with Crippen molar-refractivity contribution in [3.05, 3.63) is 72.3 Å². The summed E-state index contributed by atoms with van der Waals surface area (Å²) in [5.41, 5.74) is 1.70. The zero-order chi connectivity index (χ0) is 21.4. The lowest BCUT2D eigenvalue weighted by molar-refractivity contribution is 0.0679. The van der Waals surface area contributed by atoms with E-state index in [1.54, 1.807) is 48.5 Å². The lowest BCUT2D eigenvalue weighted by Crippen LogP contribution is -2.25. The van der Waals surface area contributed by atoms with Crippen LogP contribution in [-0.4, -0.2) is 40.2 Å². The average molecular weight is 431 g/mol. The average Bonchev–Trinajstić information content (AvgIpc) is 3.26. The number of carbonyl (C=O) groups is 1. The molecule has 0 radical (unpaired) electrons. The topological polar surface area (TPSA) is 93.7 Å². The van der Waals surface area contributed by atoms with Gasteiger partial charge in [0.05, 0.1) is 11.9 Å². The van der Waals surface area contributed by atoms with Crippen LogP contribution in [0.4, 0.5) is 5.69 Å². The van der Waals surface area contributed by atoms with Crippen LogP contribution in [0.15, 0.2) is 61.2 Å². The molecule has 0 aliphatic carbocycles. The minimum atomic E-state index is -3.42. The van der Waals surface area contributed by atoms with Crippen molar-refractivity contribution in [2.24, 2.45) is 0 Å². The van der Waals surface area contributed by atoms with Crippen molar-refractivity contribution in [1.29, 1.82) is 0 Å². The highest BCUT2D eigenvalue weighted by Gasteiger charge is 2.16. The smallest absolute Gasteiger partial charge is 0.255 e. The molecule has 1 fully saturated rings. The van der Waals surface area contributed by atoms with E-state index in [-0.39, 0.29) is 24.3 Å². The third-order valence-electron chi connectivity index (χ3n) is 4.59. The molecule has 1 aliphatic rings. The Kier molecular flexibility index (Phi) is 7.62. The fraction of sp³-hybridized carbons (Fsp3) is 0.318. The molecule has 160 valence electrons. The number of anilines is 1. The SMILES string of the molecule is C=CCNS(=O)(=O)Cc1ccc(NC(=O)c2ccc(OCC3CCCO3)cc2)cc1. The van der Waals surface area contributed by atoms with Crippen molar-refractivity contribution >= 4 is 21.6 Å². The van der Waals surface area contributed by atoms with Gasteiger partial charge in [0.2, 0.25) is 10.0 Å². The zero-order valence-electron chi connectivity index (χ0n) is 16.7. The Morgan fingerprint density at radius 1 is 1.17 bits per heavy atom. The maximum atomic E-state index is 12.4. The molecule has 1 heterocycles. The number of sulfonamides is 1. The molecular weight excluding hydrogens is 404 g/mol. The molecule has 2 aromatic carbocycles. The van der Waals surface area contributed by atoms with E-state index < -0.39 is 10.0 Å². The van der Waals surface area contributed by atoms with Crippen LogP contribution in [0.2, 0.25) is 0 Å². The lowest BCUT2D eigenvalue weighted by atomic mass is 10.2. The summed E-state index contributed by atoms with van der Waals surface area (Å²) in [7, 11) is -3.42. The fourth-order valence-electron chi connectivity index (χ4n) is 3.01. The maximum Gasteiger partial charge on any atom is 0.255 e. The van der Waals surface area contributed by atoms with Crippen molar-refractivity contribution < 1.29 is 22.7 Å². The Morgan fingerprint density at radius 3 is 2.53 bits per heavy atom. The second-order valence-corrected chi connectivity index (χ2v) is 8.82. The quantitative estimate of drug-likeness (QED) is 0.565. The number of rotatable bonds is 10. The monoisotopic (exact) mass is 430 g/mol. The van der Waals surface area contributed by atoms with Gasteiger partial charge in [0.15, 0.2) is 0 Å². The molecule has 1 aliphatic heterocycles. The van der Waals surface area contributed by atoms with E-state index in [2.05, 4.69) is 16.6 Å². The van der Waals surface area contributed by atoms with Crippen LogP contribution in [0.5, 0.6) is 5.75 Å². The molecule has 1 atom stereocenters. The number of hydrogen-bond acceptors (Lipinski definition) is 5. The summed E-state index contributed by atoms with van der Waals surface area (Å²) < 4.78 is 37.5. The van der Waals surface area contributed by atoms with Gasteiger partial charge in [-0.2, -0.15) is 0 Å². The third kappa shape index (κ3) is 6.69. The number of ether oxygens (including phenoxy) is 2. The molecule has 7 nitrogen and oxygen atoms in total. The summed E-state index contributed by atoms with van der Waals surface area (Å²) >= 11 is 0. The Labute approximate surface area is 177 Å². The van der Waals surface area contributed by atoms with Crippen LogP contribution < -0.4 is 14.8 Å². The summed E-state index contributed by atoms with van der Waals surface area (Å²) in [6.07, 6.45) is 3.70. The lowest BCUT2D eigenvalue weighted by Gasteiger charge is -2.12. The highest BCUT2D eigenvalue weighted by molar-refractivity contribution is 7.88. The van der Waals surface area contributed by atoms with Crippen molar-refractivity contribution in [3.8, 4) is 5.75 Å². The minimum Gasteiger partial charge on any atom is -0.491 e. The predicted octanol–water partition coefficient (Wildman–Crippen LogP) is 3.10. The molecule has 0 spiro atoms. The number of nitrogens with one attached hydrogen (secondary N) is 2. The first-order valence-corrected chi connectivity index (χ1v) is 11.4. The number of hydrogen-bond donors (Lipinski definition) is 2. The highest BCUT2D eigenvalue weighted by atomic mass is 32.2. The summed E-state index contributed by atoms with van der Waals surface area (Å²) in [6.45, 7) is 4.97. The van der Waals surface area contributed by atoms with E-state index in [4.69, 9.17) is 9.47 Å². The Morgan fingerprint density at radius 2 is 1.90 bits per heavy atom. The Bertz CT molecular complexity index is 950. The molecule has 3 rings (SSSR count). The molecule has 1 amide bonds. The zero-order valence-corrected chi connectivity index (χ0v) is 17.5. The molecule has 2 aromatic rings. The van der Waals surface area contributed by atoms with Gasteiger partial charge in [0, 0.05) is 24.4 Å². The molecule has 8 heteroatoms. The van der Waals surface area contributed by atoms with Gasteiger partial charge >= 0.3 is 0 Å². The first-order chi connectivity index (χ1) is 14.4. The van der Waals surface area contributed by atoms with E-state index in [9.17, 15) is 13.2 Å². The Hall–Kier alpha value is -2.68. The molecule has 0 saturated carbocycles. The molecule has 2 N–H and O–H groups in total. The van der Waals surface area contributed by atoms with Gasteiger partial charge in [-0.15, -0.1) is 6.58 Å². The number of carbonyl (C=O) groups excluding carboxylic acids is 1.